The molecule has 3 nitrogen and oxygen atoms in total. The molecule has 0 aliphatic carbocycles. The molecule has 16 heavy (non-hydrogen) atoms. The van der Waals surface area contributed by atoms with Crippen LogP contribution in [0, 0.1) is 5.82 Å². The molecule has 4 heteroatoms. The third kappa shape index (κ3) is 3.47. The second-order valence-corrected chi connectivity index (χ2v) is 3.66. The lowest BCUT2D eigenvalue weighted by molar-refractivity contribution is 0.149. The van der Waals surface area contributed by atoms with Crippen molar-refractivity contribution in [3.63, 3.8) is 0 Å². The van der Waals surface area contributed by atoms with E-state index >= 15 is 0 Å². The van der Waals surface area contributed by atoms with Gasteiger partial charge in [-0.05, 0) is 24.5 Å². The fourth-order valence-electron chi connectivity index (χ4n) is 1.55. The van der Waals surface area contributed by atoms with Gasteiger partial charge >= 0.3 is 0 Å². The van der Waals surface area contributed by atoms with Gasteiger partial charge in [0, 0.05) is 13.0 Å². The SMILES string of the molecule is COc1cccc(CC(O)CCCO)c1F. The fourth-order valence-corrected chi connectivity index (χ4v) is 1.55. The van der Waals surface area contributed by atoms with Gasteiger partial charge < -0.3 is 14.9 Å². The largest absolute Gasteiger partial charge is 0.494 e. The highest BCUT2D eigenvalue weighted by molar-refractivity contribution is 5.31. The molecule has 0 aliphatic heterocycles. The normalized spacial score (nSPS) is 12.5. The quantitative estimate of drug-likeness (QED) is 0.776. The van der Waals surface area contributed by atoms with Crippen LogP contribution < -0.4 is 4.74 Å². The fraction of sp³-hybridized carbons (Fsp3) is 0.500. The van der Waals surface area contributed by atoms with E-state index in [2.05, 4.69) is 0 Å². The van der Waals surface area contributed by atoms with E-state index in [4.69, 9.17) is 9.84 Å². The molecule has 0 aliphatic rings. The molecule has 1 atom stereocenters. The summed E-state index contributed by atoms with van der Waals surface area (Å²) in [6.45, 7) is 0.0393. The van der Waals surface area contributed by atoms with Crippen LogP contribution in [0.3, 0.4) is 0 Å². The van der Waals surface area contributed by atoms with Crippen molar-refractivity contribution in [2.45, 2.75) is 25.4 Å². The van der Waals surface area contributed by atoms with E-state index in [-0.39, 0.29) is 18.8 Å². The van der Waals surface area contributed by atoms with Crippen LogP contribution in [0.2, 0.25) is 0 Å². The van der Waals surface area contributed by atoms with Crippen LogP contribution in [0.15, 0.2) is 18.2 Å². The van der Waals surface area contributed by atoms with E-state index in [0.717, 1.165) is 0 Å². The second kappa shape index (κ2) is 6.45. The maximum Gasteiger partial charge on any atom is 0.168 e. The van der Waals surface area contributed by atoms with Crippen molar-refractivity contribution in [1.82, 2.24) is 0 Å². The van der Waals surface area contributed by atoms with E-state index in [9.17, 15) is 9.50 Å². The average Bonchev–Trinajstić information content (AvgIpc) is 2.29. The number of aliphatic hydroxyl groups is 2. The zero-order chi connectivity index (χ0) is 12.0. The van der Waals surface area contributed by atoms with Crippen molar-refractivity contribution in [2.24, 2.45) is 0 Å². The van der Waals surface area contributed by atoms with E-state index in [0.29, 0.717) is 18.4 Å². The number of hydrogen-bond donors (Lipinski definition) is 2. The molecule has 90 valence electrons. The summed E-state index contributed by atoms with van der Waals surface area (Å²) in [6.07, 6.45) is 0.594. The first kappa shape index (κ1) is 12.9. The molecule has 0 aromatic heterocycles. The van der Waals surface area contributed by atoms with Crippen LogP contribution in [-0.4, -0.2) is 30.0 Å². The zero-order valence-corrected chi connectivity index (χ0v) is 9.32. The summed E-state index contributed by atoms with van der Waals surface area (Å²) in [6, 6.07) is 4.86. The topological polar surface area (TPSA) is 49.7 Å². The molecular weight excluding hydrogens is 211 g/mol. The molecule has 1 aromatic carbocycles. The summed E-state index contributed by atoms with van der Waals surface area (Å²) in [5, 5.41) is 18.2. The average molecular weight is 228 g/mol. The second-order valence-electron chi connectivity index (χ2n) is 3.66. The molecule has 0 radical (unpaired) electrons. The van der Waals surface area contributed by atoms with Gasteiger partial charge in [-0.1, -0.05) is 12.1 Å². The summed E-state index contributed by atoms with van der Waals surface area (Å²) >= 11 is 0. The Bertz CT molecular complexity index is 328. The summed E-state index contributed by atoms with van der Waals surface area (Å²) in [7, 11) is 1.41. The van der Waals surface area contributed by atoms with Gasteiger partial charge in [0.15, 0.2) is 11.6 Å². The molecule has 0 heterocycles. The van der Waals surface area contributed by atoms with Crippen LogP contribution in [-0.2, 0) is 6.42 Å². The third-order valence-corrected chi connectivity index (χ3v) is 2.41. The summed E-state index contributed by atoms with van der Waals surface area (Å²) in [5.74, 6) is -0.236. The minimum absolute atomic E-state index is 0.0393. The summed E-state index contributed by atoms with van der Waals surface area (Å²) in [4.78, 5) is 0. The van der Waals surface area contributed by atoms with Gasteiger partial charge in [-0.15, -0.1) is 0 Å². The molecule has 0 saturated carbocycles. The van der Waals surface area contributed by atoms with E-state index in [1.807, 2.05) is 0 Å². The number of aliphatic hydroxyl groups excluding tert-OH is 2. The number of rotatable bonds is 6. The molecule has 0 amide bonds. The van der Waals surface area contributed by atoms with Gasteiger partial charge in [0.1, 0.15) is 0 Å². The predicted octanol–water partition coefficient (Wildman–Crippen LogP) is 1.51. The lowest BCUT2D eigenvalue weighted by Crippen LogP contribution is -2.12. The third-order valence-electron chi connectivity index (χ3n) is 2.41. The number of hydrogen-bond acceptors (Lipinski definition) is 3. The number of ether oxygens (including phenoxy) is 1. The highest BCUT2D eigenvalue weighted by Gasteiger charge is 2.12. The van der Waals surface area contributed by atoms with E-state index < -0.39 is 11.9 Å². The molecule has 1 rings (SSSR count). The molecule has 0 spiro atoms. The Morgan fingerprint density at radius 3 is 2.81 bits per heavy atom. The Hall–Kier alpha value is -1.13. The summed E-state index contributed by atoms with van der Waals surface area (Å²) in [5.41, 5.74) is 0.435. The number of halogens is 1. The van der Waals surface area contributed by atoms with Crippen LogP contribution in [0.25, 0.3) is 0 Å². The monoisotopic (exact) mass is 228 g/mol. The standard InChI is InChI=1S/C12H17FO3/c1-16-11-6-2-4-9(12(11)13)8-10(15)5-3-7-14/h2,4,6,10,14-15H,3,5,7-8H2,1H3. The summed E-state index contributed by atoms with van der Waals surface area (Å²) < 4.78 is 18.5. The van der Waals surface area contributed by atoms with Crippen molar-refractivity contribution in [3.05, 3.63) is 29.6 Å². The van der Waals surface area contributed by atoms with Crippen molar-refractivity contribution in [2.75, 3.05) is 13.7 Å². The maximum absolute atomic E-state index is 13.7. The maximum atomic E-state index is 13.7. The molecule has 1 aromatic rings. The molecule has 0 saturated heterocycles. The van der Waals surface area contributed by atoms with Crippen molar-refractivity contribution < 1.29 is 19.3 Å². The first-order valence-corrected chi connectivity index (χ1v) is 5.29. The van der Waals surface area contributed by atoms with Gasteiger partial charge in [0.2, 0.25) is 0 Å². The van der Waals surface area contributed by atoms with Gasteiger partial charge in [0.05, 0.1) is 13.2 Å². The molecule has 2 N–H and O–H groups in total. The number of methoxy groups -OCH3 is 1. The van der Waals surface area contributed by atoms with Crippen LogP contribution in [0.5, 0.6) is 5.75 Å². The van der Waals surface area contributed by atoms with Crippen LogP contribution in [0.4, 0.5) is 4.39 Å². The smallest absolute Gasteiger partial charge is 0.168 e. The minimum Gasteiger partial charge on any atom is -0.494 e. The Kier molecular flexibility index (Phi) is 5.22. The van der Waals surface area contributed by atoms with E-state index in [1.54, 1.807) is 18.2 Å². The highest BCUT2D eigenvalue weighted by Crippen LogP contribution is 2.21. The van der Waals surface area contributed by atoms with Crippen molar-refractivity contribution in [3.8, 4) is 5.75 Å². The first-order chi connectivity index (χ1) is 7.69. The molecule has 0 bridgehead atoms. The zero-order valence-electron chi connectivity index (χ0n) is 9.32. The first-order valence-electron chi connectivity index (χ1n) is 5.29. The Morgan fingerprint density at radius 2 is 2.19 bits per heavy atom. The van der Waals surface area contributed by atoms with Crippen molar-refractivity contribution in [1.29, 1.82) is 0 Å². The molecular formula is C12H17FO3. The Balaban J connectivity index is 2.66. The van der Waals surface area contributed by atoms with Crippen LogP contribution >= 0.6 is 0 Å². The Morgan fingerprint density at radius 1 is 1.44 bits per heavy atom. The lowest BCUT2D eigenvalue weighted by Gasteiger charge is -2.11. The van der Waals surface area contributed by atoms with Gasteiger partial charge in [0.25, 0.3) is 0 Å². The molecule has 0 fully saturated rings. The van der Waals surface area contributed by atoms with Gasteiger partial charge in [-0.3, -0.25) is 0 Å². The van der Waals surface area contributed by atoms with Crippen molar-refractivity contribution >= 4 is 0 Å². The van der Waals surface area contributed by atoms with Gasteiger partial charge in [-0.25, -0.2) is 4.39 Å². The van der Waals surface area contributed by atoms with Gasteiger partial charge in [-0.2, -0.15) is 0 Å². The minimum atomic E-state index is -0.631. The van der Waals surface area contributed by atoms with E-state index in [1.165, 1.54) is 7.11 Å². The highest BCUT2D eigenvalue weighted by atomic mass is 19.1. The van der Waals surface area contributed by atoms with Crippen LogP contribution in [0.1, 0.15) is 18.4 Å². The molecule has 1 unspecified atom stereocenters. The number of benzene rings is 1. The lowest BCUT2D eigenvalue weighted by atomic mass is 10.0. The predicted molar refractivity (Wildman–Crippen MR) is 59.0 cm³/mol. The Labute approximate surface area is 94.5 Å².